The zero-order valence-corrected chi connectivity index (χ0v) is 14.6. The van der Waals surface area contributed by atoms with Crippen LogP contribution in [0.3, 0.4) is 0 Å². The van der Waals surface area contributed by atoms with Crippen molar-refractivity contribution >= 4 is 17.4 Å². The minimum atomic E-state index is -0.232. The second-order valence-corrected chi connectivity index (χ2v) is 5.87. The van der Waals surface area contributed by atoms with Crippen molar-refractivity contribution in [2.45, 2.75) is 0 Å². The lowest BCUT2D eigenvalue weighted by Crippen LogP contribution is -2.38. The molecule has 4 rings (SSSR count). The number of nitrogens with one attached hydrogen (secondary N) is 3. The number of amides is 1. The molecule has 2 aliphatic rings. The zero-order chi connectivity index (χ0) is 18.3. The van der Waals surface area contributed by atoms with Gasteiger partial charge in [-0.15, -0.1) is 10.2 Å². The third-order valence-electron chi connectivity index (χ3n) is 4.10. The highest BCUT2D eigenvalue weighted by atomic mass is 16.1. The molecule has 0 saturated heterocycles. The maximum atomic E-state index is 12.9. The van der Waals surface area contributed by atoms with E-state index < -0.39 is 0 Å². The number of carbonyl (C=O) groups is 1. The summed E-state index contributed by atoms with van der Waals surface area (Å²) in [4.78, 5) is 17.0. The van der Waals surface area contributed by atoms with Gasteiger partial charge in [0.25, 0.3) is 5.91 Å². The molecule has 2 aromatic rings. The molecule has 26 heavy (non-hydrogen) atoms. The summed E-state index contributed by atoms with van der Waals surface area (Å²) in [5.74, 6) is 1.69. The van der Waals surface area contributed by atoms with E-state index in [4.69, 9.17) is 0 Å². The van der Waals surface area contributed by atoms with Crippen molar-refractivity contribution in [1.82, 2.24) is 40.3 Å². The highest BCUT2D eigenvalue weighted by Crippen LogP contribution is 2.25. The number of anilines is 1. The average Bonchev–Trinajstić information content (AvgIpc) is 3.32. The number of aliphatic imine (C=N–C) groups is 1. The molecule has 0 aromatic carbocycles. The second kappa shape index (κ2) is 6.11. The van der Waals surface area contributed by atoms with Gasteiger partial charge < -0.3 is 15.2 Å². The van der Waals surface area contributed by atoms with Crippen LogP contribution in [0.25, 0.3) is 11.5 Å². The highest BCUT2D eigenvalue weighted by molar-refractivity contribution is 6.07. The molecule has 0 fully saturated rings. The fourth-order valence-corrected chi connectivity index (χ4v) is 2.80. The number of aryl methyl sites for hydroxylation is 2. The summed E-state index contributed by atoms with van der Waals surface area (Å²) >= 11 is 0. The van der Waals surface area contributed by atoms with E-state index in [1.165, 1.54) is 0 Å². The Labute approximate surface area is 149 Å². The van der Waals surface area contributed by atoms with E-state index in [0.29, 0.717) is 41.0 Å². The van der Waals surface area contributed by atoms with Gasteiger partial charge in [-0.3, -0.25) is 19.5 Å². The van der Waals surface area contributed by atoms with Gasteiger partial charge >= 0.3 is 0 Å². The summed E-state index contributed by atoms with van der Waals surface area (Å²) in [6.07, 6.45) is 6.97. The van der Waals surface area contributed by atoms with Gasteiger partial charge in [-0.2, -0.15) is 5.10 Å². The summed E-state index contributed by atoms with van der Waals surface area (Å²) in [5.41, 5.74) is 4.82. The smallest absolute Gasteiger partial charge is 0.256 e. The number of hydrazine groups is 1. The Bertz CT molecular complexity index is 963. The van der Waals surface area contributed by atoms with E-state index in [1.807, 2.05) is 19.3 Å². The van der Waals surface area contributed by atoms with Gasteiger partial charge in [0.05, 0.1) is 11.3 Å². The molecule has 1 amide bonds. The number of carbonyl (C=O) groups excluding carboxylic acids is 1. The van der Waals surface area contributed by atoms with Crippen LogP contribution in [0.4, 0.5) is 5.69 Å². The Balaban J connectivity index is 1.64. The summed E-state index contributed by atoms with van der Waals surface area (Å²) in [7, 11) is 5.30. The van der Waals surface area contributed by atoms with Crippen LogP contribution < -0.4 is 16.1 Å². The molecule has 2 aromatic heterocycles. The molecule has 134 valence electrons. The van der Waals surface area contributed by atoms with Crippen LogP contribution in [0.1, 0.15) is 0 Å². The Morgan fingerprint density at radius 3 is 2.96 bits per heavy atom. The van der Waals surface area contributed by atoms with Gasteiger partial charge in [-0.25, -0.2) is 5.43 Å². The highest BCUT2D eigenvalue weighted by Gasteiger charge is 2.29. The maximum absolute atomic E-state index is 12.9. The van der Waals surface area contributed by atoms with Gasteiger partial charge in [0.1, 0.15) is 18.0 Å². The molecule has 0 spiro atoms. The fraction of sp³-hybridized carbons (Fsp3) is 0.267. The lowest BCUT2D eigenvalue weighted by Gasteiger charge is -2.23. The molecule has 0 aliphatic carbocycles. The number of aromatic nitrogens is 5. The maximum Gasteiger partial charge on any atom is 0.256 e. The van der Waals surface area contributed by atoms with E-state index in [1.54, 1.807) is 40.9 Å². The molecule has 4 heterocycles. The average molecular weight is 354 g/mol. The second-order valence-electron chi connectivity index (χ2n) is 5.87. The van der Waals surface area contributed by atoms with Crippen molar-refractivity contribution in [2.75, 3.05) is 18.9 Å². The van der Waals surface area contributed by atoms with E-state index >= 15 is 0 Å². The summed E-state index contributed by atoms with van der Waals surface area (Å²) < 4.78 is 3.37. The number of amidine groups is 1. The van der Waals surface area contributed by atoms with Gasteiger partial charge in [0.15, 0.2) is 11.5 Å². The van der Waals surface area contributed by atoms with Crippen molar-refractivity contribution in [3.63, 3.8) is 0 Å². The predicted octanol–water partition coefficient (Wildman–Crippen LogP) is -0.669. The third kappa shape index (κ3) is 2.63. The SMILES string of the molecule is CN=C1C=CN2NCC(C(=O)Nc3cn(C)nc3-c3nncn3C)=C2N1. The minimum absolute atomic E-state index is 0.232. The molecule has 0 radical (unpaired) electrons. The number of hydrogen-bond donors (Lipinski definition) is 3. The molecule has 11 nitrogen and oxygen atoms in total. The third-order valence-corrected chi connectivity index (χ3v) is 4.10. The normalized spacial score (nSPS) is 17.7. The Morgan fingerprint density at radius 2 is 2.23 bits per heavy atom. The first kappa shape index (κ1) is 16.0. The zero-order valence-electron chi connectivity index (χ0n) is 14.6. The first-order valence-corrected chi connectivity index (χ1v) is 7.94. The summed E-state index contributed by atoms with van der Waals surface area (Å²) in [5, 5.41) is 20.1. The monoisotopic (exact) mass is 354 g/mol. The predicted molar refractivity (Wildman–Crippen MR) is 94.3 cm³/mol. The van der Waals surface area contributed by atoms with Crippen LogP contribution in [0.5, 0.6) is 0 Å². The van der Waals surface area contributed by atoms with Crippen LogP contribution in [0.15, 0.2) is 41.2 Å². The number of nitrogens with zero attached hydrogens (tertiary/aromatic N) is 7. The summed E-state index contributed by atoms with van der Waals surface area (Å²) in [6, 6.07) is 0. The van der Waals surface area contributed by atoms with Gasteiger partial charge in [0, 0.05) is 40.1 Å². The first-order valence-electron chi connectivity index (χ1n) is 7.94. The molecule has 3 N–H and O–H groups in total. The van der Waals surface area contributed by atoms with Crippen molar-refractivity contribution in [1.29, 1.82) is 0 Å². The largest absolute Gasteiger partial charge is 0.325 e. The van der Waals surface area contributed by atoms with Crippen LogP contribution in [-0.4, -0.2) is 54.9 Å². The molecule has 0 unspecified atom stereocenters. The van der Waals surface area contributed by atoms with Crippen LogP contribution in [0, 0.1) is 0 Å². The minimum Gasteiger partial charge on any atom is -0.325 e. The van der Waals surface area contributed by atoms with Crippen LogP contribution in [0.2, 0.25) is 0 Å². The van der Waals surface area contributed by atoms with E-state index in [-0.39, 0.29) is 5.91 Å². The molecular formula is C15H18N10O. The Hall–Kier alpha value is -3.47. The fourth-order valence-electron chi connectivity index (χ4n) is 2.80. The first-order chi connectivity index (χ1) is 12.6. The van der Waals surface area contributed by atoms with E-state index in [2.05, 4.69) is 36.3 Å². The molecule has 11 heteroatoms. The molecule has 0 bridgehead atoms. The molecule has 0 atom stereocenters. The van der Waals surface area contributed by atoms with Crippen LogP contribution in [-0.2, 0) is 18.9 Å². The van der Waals surface area contributed by atoms with Crippen molar-refractivity contribution < 1.29 is 4.79 Å². The van der Waals surface area contributed by atoms with Crippen molar-refractivity contribution in [3.8, 4) is 11.5 Å². The molecule has 2 aliphatic heterocycles. The van der Waals surface area contributed by atoms with Gasteiger partial charge in [0.2, 0.25) is 0 Å². The number of hydrogen-bond acceptors (Lipinski definition) is 7. The summed E-state index contributed by atoms with van der Waals surface area (Å²) in [6.45, 7) is 0.398. The topological polar surface area (TPSA) is 117 Å². The number of fused-ring (bicyclic) bond motifs is 1. The lowest BCUT2D eigenvalue weighted by atomic mass is 10.2. The Morgan fingerprint density at radius 1 is 1.38 bits per heavy atom. The van der Waals surface area contributed by atoms with Gasteiger partial charge in [-0.1, -0.05) is 0 Å². The molecule has 0 saturated carbocycles. The number of rotatable bonds is 3. The Kier molecular flexibility index (Phi) is 3.77. The van der Waals surface area contributed by atoms with E-state index in [9.17, 15) is 4.79 Å². The van der Waals surface area contributed by atoms with Crippen molar-refractivity contribution in [2.24, 2.45) is 19.1 Å². The molecular weight excluding hydrogens is 336 g/mol. The quantitative estimate of drug-likeness (QED) is 0.669. The van der Waals surface area contributed by atoms with Crippen molar-refractivity contribution in [3.05, 3.63) is 36.2 Å². The lowest BCUT2D eigenvalue weighted by molar-refractivity contribution is -0.112. The van der Waals surface area contributed by atoms with Crippen LogP contribution >= 0.6 is 0 Å². The van der Waals surface area contributed by atoms with E-state index in [0.717, 1.165) is 0 Å². The standard InChI is InChI=1S/C15H18N10O/c1-16-11-4-5-25-13(20-11)9(6-18-25)15(26)19-10-7-24(3)22-12(10)14-21-17-8-23(14)2/h4-5,7-8,18H,6H2,1-3H3,(H,16,20)(H,19,26). The van der Waals surface area contributed by atoms with Gasteiger partial charge in [-0.05, 0) is 6.08 Å².